The van der Waals surface area contributed by atoms with E-state index < -0.39 is 11.7 Å². The molecule has 19 heavy (non-hydrogen) atoms. The van der Waals surface area contributed by atoms with Crippen LogP contribution in [0.5, 0.6) is 0 Å². The smallest absolute Gasteiger partial charge is 0.311 e. The summed E-state index contributed by atoms with van der Waals surface area (Å²) in [7, 11) is 0. The van der Waals surface area contributed by atoms with E-state index in [1.54, 1.807) is 12.1 Å². The molecule has 1 fully saturated rings. The van der Waals surface area contributed by atoms with Gasteiger partial charge in [-0.05, 0) is 50.3 Å². The van der Waals surface area contributed by atoms with Gasteiger partial charge >= 0.3 is 6.18 Å². The number of aryl methyl sites for hydroxylation is 1. The van der Waals surface area contributed by atoms with Crippen LogP contribution < -0.4 is 5.32 Å². The molecule has 2 rings (SSSR count). The Kier molecular flexibility index (Phi) is 4.50. The van der Waals surface area contributed by atoms with Crippen molar-refractivity contribution in [2.24, 2.45) is 0 Å². The fraction of sp³-hybridized carbons (Fsp3) is 0.600. The van der Waals surface area contributed by atoms with Gasteiger partial charge < -0.3 is 5.32 Å². The summed E-state index contributed by atoms with van der Waals surface area (Å²) in [6, 6.07) is 6.60. The van der Waals surface area contributed by atoms with Crippen LogP contribution in [0.2, 0.25) is 0 Å². The van der Waals surface area contributed by atoms with Crippen molar-refractivity contribution in [2.45, 2.75) is 57.3 Å². The van der Waals surface area contributed by atoms with Gasteiger partial charge in [0.05, 0.1) is 5.56 Å². The van der Waals surface area contributed by atoms with E-state index in [9.17, 15) is 13.2 Å². The quantitative estimate of drug-likeness (QED) is 0.870. The Morgan fingerprint density at radius 1 is 1.16 bits per heavy atom. The van der Waals surface area contributed by atoms with Crippen molar-refractivity contribution in [3.8, 4) is 0 Å². The first-order chi connectivity index (χ1) is 8.95. The van der Waals surface area contributed by atoms with Gasteiger partial charge in [-0.15, -0.1) is 0 Å². The van der Waals surface area contributed by atoms with Crippen LogP contribution in [0.3, 0.4) is 0 Å². The maximum atomic E-state index is 12.4. The number of hydrogen-bond acceptors (Lipinski definition) is 1. The van der Waals surface area contributed by atoms with E-state index in [2.05, 4.69) is 12.2 Å². The fourth-order valence-corrected chi connectivity index (χ4v) is 2.67. The van der Waals surface area contributed by atoms with E-state index in [1.807, 2.05) is 0 Å². The molecule has 0 spiro atoms. The van der Waals surface area contributed by atoms with E-state index in [1.165, 1.54) is 31.4 Å². The average Bonchev–Trinajstić information content (AvgIpc) is 2.36. The van der Waals surface area contributed by atoms with Crippen molar-refractivity contribution in [1.29, 1.82) is 0 Å². The average molecular weight is 271 g/mol. The van der Waals surface area contributed by atoms with E-state index in [0.29, 0.717) is 12.1 Å². The number of rotatable bonds is 3. The number of nitrogens with one attached hydrogen (secondary N) is 1. The molecule has 1 N–H and O–H groups in total. The highest BCUT2D eigenvalue weighted by Gasteiger charge is 2.29. The zero-order chi connectivity index (χ0) is 13.9. The number of benzene rings is 1. The molecule has 1 aromatic rings. The van der Waals surface area contributed by atoms with Crippen LogP contribution >= 0.6 is 0 Å². The summed E-state index contributed by atoms with van der Waals surface area (Å²) in [4.78, 5) is 0. The lowest BCUT2D eigenvalue weighted by Crippen LogP contribution is -2.40. The molecule has 2 unspecified atom stereocenters. The molecule has 1 saturated heterocycles. The molecule has 2 atom stereocenters. The van der Waals surface area contributed by atoms with Gasteiger partial charge in [0.15, 0.2) is 0 Å². The molecule has 0 radical (unpaired) electrons. The van der Waals surface area contributed by atoms with E-state index >= 15 is 0 Å². The molecule has 106 valence electrons. The fourth-order valence-electron chi connectivity index (χ4n) is 2.67. The van der Waals surface area contributed by atoms with Crippen LogP contribution in [0.25, 0.3) is 0 Å². The molecule has 1 aliphatic rings. The molecule has 0 aromatic heterocycles. The second kappa shape index (κ2) is 5.95. The van der Waals surface area contributed by atoms with Gasteiger partial charge in [-0.25, -0.2) is 0 Å². The summed E-state index contributed by atoms with van der Waals surface area (Å²) in [5.41, 5.74) is 0.411. The van der Waals surface area contributed by atoms with Gasteiger partial charge in [0, 0.05) is 12.1 Å². The SMILES string of the molecule is CC1CCCC(CCc2ccc(C(F)(F)F)cc2)N1. The third-order valence-corrected chi connectivity index (χ3v) is 3.77. The molecular weight excluding hydrogens is 251 g/mol. The molecule has 1 aliphatic heterocycles. The summed E-state index contributed by atoms with van der Waals surface area (Å²) >= 11 is 0. The minimum Gasteiger partial charge on any atom is -0.311 e. The van der Waals surface area contributed by atoms with Crippen molar-refractivity contribution in [1.82, 2.24) is 5.32 Å². The molecule has 0 aliphatic carbocycles. The van der Waals surface area contributed by atoms with Crippen LogP contribution in [-0.4, -0.2) is 12.1 Å². The number of halogens is 3. The summed E-state index contributed by atoms with van der Waals surface area (Å²) in [6.07, 6.45) is 1.23. The van der Waals surface area contributed by atoms with Gasteiger partial charge in [0.2, 0.25) is 0 Å². The molecule has 1 nitrogen and oxygen atoms in total. The zero-order valence-electron chi connectivity index (χ0n) is 11.1. The van der Waals surface area contributed by atoms with Crippen molar-refractivity contribution in [3.63, 3.8) is 0 Å². The Labute approximate surface area is 112 Å². The van der Waals surface area contributed by atoms with Crippen LogP contribution in [-0.2, 0) is 12.6 Å². The van der Waals surface area contributed by atoms with Gasteiger partial charge in [-0.2, -0.15) is 13.2 Å². The van der Waals surface area contributed by atoms with Crippen LogP contribution in [0.1, 0.15) is 43.7 Å². The lowest BCUT2D eigenvalue weighted by atomic mass is 9.94. The lowest BCUT2D eigenvalue weighted by Gasteiger charge is -2.28. The Morgan fingerprint density at radius 2 is 1.84 bits per heavy atom. The van der Waals surface area contributed by atoms with Crippen LogP contribution in [0.4, 0.5) is 13.2 Å². The van der Waals surface area contributed by atoms with E-state index in [0.717, 1.165) is 18.4 Å². The summed E-state index contributed by atoms with van der Waals surface area (Å²) in [5, 5.41) is 3.54. The highest BCUT2D eigenvalue weighted by atomic mass is 19.4. The largest absolute Gasteiger partial charge is 0.416 e. The van der Waals surface area contributed by atoms with E-state index in [-0.39, 0.29) is 0 Å². The molecule has 4 heteroatoms. The number of hydrogen-bond donors (Lipinski definition) is 1. The Balaban J connectivity index is 1.86. The van der Waals surface area contributed by atoms with Gasteiger partial charge in [-0.1, -0.05) is 18.6 Å². The Morgan fingerprint density at radius 3 is 2.42 bits per heavy atom. The maximum absolute atomic E-state index is 12.4. The summed E-state index contributed by atoms with van der Waals surface area (Å²) in [5.74, 6) is 0. The second-order valence-electron chi connectivity index (χ2n) is 5.43. The van der Waals surface area contributed by atoms with Crippen molar-refractivity contribution < 1.29 is 13.2 Å². The summed E-state index contributed by atoms with van der Waals surface area (Å²) in [6.45, 7) is 2.18. The van der Waals surface area contributed by atoms with Gasteiger partial charge in [-0.3, -0.25) is 0 Å². The highest BCUT2D eigenvalue weighted by molar-refractivity contribution is 5.24. The van der Waals surface area contributed by atoms with Crippen molar-refractivity contribution >= 4 is 0 Å². The molecule has 0 amide bonds. The van der Waals surface area contributed by atoms with Gasteiger partial charge in [0.25, 0.3) is 0 Å². The van der Waals surface area contributed by atoms with Crippen molar-refractivity contribution in [3.05, 3.63) is 35.4 Å². The zero-order valence-corrected chi connectivity index (χ0v) is 11.1. The maximum Gasteiger partial charge on any atom is 0.416 e. The highest BCUT2D eigenvalue weighted by Crippen LogP contribution is 2.29. The molecule has 0 saturated carbocycles. The van der Waals surface area contributed by atoms with Crippen LogP contribution in [0, 0.1) is 0 Å². The minimum atomic E-state index is -4.24. The van der Waals surface area contributed by atoms with Crippen LogP contribution in [0.15, 0.2) is 24.3 Å². The first kappa shape index (κ1) is 14.4. The molecule has 0 bridgehead atoms. The number of piperidine rings is 1. The third kappa shape index (κ3) is 4.23. The van der Waals surface area contributed by atoms with E-state index in [4.69, 9.17) is 0 Å². The number of alkyl halides is 3. The predicted molar refractivity (Wildman–Crippen MR) is 70.0 cm³/mol. The minimum absolute atomic E-state index is 0.506. The monoisotopic (exact) mass is 271 g/mol. The first-order valence-corrected chi connectivity index (χ1v) is 6.87. The standard InChI is InChI=1S/C15H20F3N/c1-11-3-2-4-14(19-11)10-7-12-5-8-13(9-6-12)15(16,17)18/h5-6,8-9,11,14,19H,2-4,7,10H2,1H3. The molecule has 1 heterocycles. The molecule has 1 aromatic carbocycles. The third-order valence-electron chi connectivity index (χ3n) is 3.77. The topological polar surface area (TPSA) is 12.0 Å². The Hall–Kier alpha value is -1.03. The normalized spacial score (nSPS) is 24.4. The van der Waals surface area contributed by atoms with Gasteiger partial charge in [0.1, 0.15) is 0 Å². The Bertz CT molecular complexity index is 397. The summed E-state index contributed by atoms with van der Waals surface area (Å²) < 4.78 is 37.3. The molecular formula is C15H20F3N. The lowest BCUT2D eigenvalue weighted by molar-refractivity contribution is -0.137. The second-order valence-corrected chi connectivity index (χ2v) is 5.43. The predicted octanol–water partition coefficient (Wildman–Crippen LogP) is 4.17. The van der Waals surface area contributed by atoms with Crippen molar-refractivity contribution in [2.75, 3.05) is 0 Å². The first-order valence-electron chi connectivity index (χ1n) is 6.87.